The fourth-order valence-electron chi connectivity index (χ4n) is 10.8. The lowest BCUT2D eigenvalue weighted by Crippen LogP contribution is -2.62. The molecule has 1 aromatic carbocycles. The van der Waals surface area contributed by atoms with E-state index in [-0.39, 0.29) is 48.2 Å². The van der Waals surface area contributed by atoms with Gasteiger partial charge in [-0.2, -0.15) is 0 Å². The van der Waals surface area contributed by atoms with Crippen molar-refractivity contribution >= 4 is 34.6 Å². The highest BCUT2D eigenvalue weighted by Gasteiger charge is 2.48. The Morgan fingerprint density at radius 3 is 2.61 bits per heavy atom. The molecule has 7 heterocycles. The number of pyridine rings is 2. The number of esters is 1. The number of fused-ring (bicyclic) bond motifs is 6. The zero-order chi connectivity index (χ0) is 46.9. The Morgan fingerprint density at radius 1 is 1.05 bits per heavy atom. The van der Waals surface area contributed by atoms with Gasteiger partial charge in [0.1, 0.15) is 12.1 Å². The first-order chi connectivity index (χ1) is 31.6. The lowest BCUT2D eigenvalue weighted by atomic mass is 9.84. The summed E-state index contributed by atoms with van der Waals surface area (Å²) in [5.41, 5.74) is 9.99. The van der Waals surface area contributed by atoms with E-state index in [1.165, 1.54) is 5.01 Å². The van der Waals surface area contributed by atoms with Gasteiger partial charge in [-0.05, 0) is 113 Å². The highest BCUT2D eigenvalue weighted by molar-refractivity contribution is 5.96. The zero-order valence-corrected chi connectivity index (χ0v) is 39.9. The zero-order valence-electron chi connectivity index (χ0n) is 39.9. The second-order valence-corrected chi connectivity index (χ2v) is 19.9. The number of nitrogens with zero attached hydrogens (tertiary/aromatic N) is 6. The molecule has 0 radical (unpaired) electrons. The van der Waals surface area contributed by atoms with Crippen LogP contribution in [0.5, 0.6) is 0 Å². The average molecular weight is 899 g/mol. The molecular weight excluding hydrogens is 833 g/mol. The van der Waals surface area contributed by atoms with Crippen molar-refractivity contribution in [2.24, 2.45) is 16.7 Å². The molecule has 4 aliphatic heterocycles. The fourth-order valence-corrected chi connectivity index (χ4v) is 10.8. The Hall–Kier alpha value is -5.62. The maximum absolute atomic E-state index is 14.8. The average Bonchev–Trinajstić information content (AvgIpc) is 4.01. The molecule has 350 valence electrons. The summed E-state index contributed by atoms with van der Waals surface area (Å²) in [6.07, 6.45) is 5.09. The van der Waals surface area contributed by atoms with Gasteiger partial charge in [0, 0.05) is 91.0 Å². The molecule has 0 saturated carbocycles. The van der Waals surface area contributed by atoms with E-state index in [9.17, 15) is 19.2 Å². The minimum absolute atomic E-state index is 0.0615. The fraction of sp³-hybridized carbons (Fsp3) is 0.538. The van der Waals surface area contributed by atoms with Crippen LogP contribution >= 0.6 is 0 Å². The lowest BCUT2D eigenvalue weighted by Gasteiger charge is -2.37. The molecule has 4 aliphatic rings. The summed E-state index contributed by atoms with van der Waals surface area (Å²) in [7, 11) is 1.70. The third-order valence-electron chi connectivity index (χ3n) is 14.2. The van der Waals surface area contributed by atoms with Gasteiger partial charge >= 0.3 is 5.97 Å². The summed E-state index contributed by atoms with van der Waals surface area (Å²) in [5, 5.41) is 5.76. The van der Waals surface area contributed by atoms with Gasteiger partial charge in [-0.15, -0.1) is 0 Å². The first kappa shape index (κ1) is 46.9. The van der Waals surface area contributed by atoms with Crippen LogP contribution < -0.4 is 10.7 Å². The van der Waals surface area contributed by atoms with Gasteiger partial charge in [-0.1, -0.05) is 45.7 Å². The van der Waals surface area contributed by atoms with Gasteiger partial charge in [0.15, 0.2) is 0 Å². The number of amides is 3. The predicted molar refractivity (Wildman–Crippen MR) is 253 cm³/mol. The Balaban J connectivity index is 1.17. The van der Waals surface area contributed by atoms with Gasteiger partial charge in [-0.3, -0.25) is 39.1 Å². The molecule has 14 heteroatoms. The standard InChI is InChI=1S/C52H66N8O6/c1-9-14-44(61)57-25-21-52(30-57)22-26-58(31-52)46(33(3)4)48(62)55-42-28-36-15-11-17-40(54-36)35-19-20-43-38(27-35)39(47(59(43)10-2)37-16-12-23-53-45(37)34(5)65-8)29-51(6,7)32-66-50(64)41-18-13-24-60(56-41)49(42)63/h11-12,15-17,19-20,23,27,33-34,41-42,46,56H,10,13,18,21-22,24-26,28-32H2,1-8H3,(H,55,62)/t34-,41-,42-,46-,52-/m0/s1. The number of hydrogen-bond acceptors (Lipinski definition) is 10. The number of likely N-dealkylation sites (tertiary alicyclic amines) is 2. The second kappa shape index (κ2) is 19.3. The number of rotatable bonds is 8. The molecule has 2 N–H and O–H groups in total. The van der Waals surface area contributed by atoms with E-state index >= 15 is 0 Å². The largest absolute Gasteiger partial charge is 0.464 e. The SMILES string of the molecule is CC#CC(=O)N1CC[C@]2(CCN([C@H](C(=O)N[C@H]3Cc4cccc(n4)-c4ccc5c(c4)c(c(-c4cccnc4[C@H](C)OC)n5CC)CC(C)(C)COC(=O)[C@@H]4CCCN(N4)C3=O)C(C)C)C2)C1. The van der Waals surface area contributed by atoms with E-state index in [1.807, 2.05) is 49.9 Å². The number of cyclic esters (lactones) is 1. The van der Waals surface area contributed by atoms with E-state index in [0.717, 1.165) is 57.5 Å². The molecule has 1 spiro atoms. The number of aromatic nitrogens is 3. The number of hydrazine groups is 1. The van der Waals surface area contributed by atoms with Crippen LogP contribution in [-0.4, -0.2) is 118 Å². The number of nitrogens with one attached hydrogen (secondary N) is 2. The number of carbonyl (C=O) groups excluding carboxylic acids is 4. The second-order valence-electron chi connectivity index (χ2n) is 19.9. The van der Waals surface area contributed by atoms with Gasteiger partial charge in [0.05, 0.1) is 35.8 Å². The summed E-state index contributed by atoms with van der Waals surface area (Å²) in [5.74, 6) is 4.21. The first-order valence-electron chi connectivity index (χ1n) is 23.7. The van der Waals surface area contributed by atoms with Crippen molar-refractivity contribution in [2.75, 3.05) is 46.4 Å². The number of benzene rings is 1. The molecule has 3 amide bonds. The molecule has 0 aliphatic carbocycles. The molecule has 5 atom stereocenters. The maximum Gasteiger partial charge on any atom is 0.324 e. The summed E-state index contributed by atoms with van der Waals surface area (Å²) in [6, 6.07) is 14.1. The molecule has 8 rings (SSSR count). The summed E-state index contributed by atoms with van der Waals surface area (Å²) >= 11 is 0. The summed E-state index contributed by atoms with van der Waals surface area (Å²) in [6.45, 7) is 18.0. The smallest absolute Gasteiger partial charge is 0.324 e. The van der Waals surface area contributed by atoms with E-state index in [1.54, 1.807) is 20.2 Å². The van der Waals surface area contributed by atoms with E-state index in [2.05, 4.69) is 77.1 Å². The van der Waals surface area contributed by atoms with Crippen LogP contribution in [0.1, 0.15) is 97.2 Å². The number of ether oxygens (including phenoxy) is 2. The molecule has 6 bridgehead atoms. The van der Waals surface area contributed by atoms with Crippen molar-refractivity contribution < 1.29 is 28.7 Å². The van der Waals surface area contributed by atoms with Crippen molar-refractivity contribution in [3.63, 3.8) is 0 Å². The van der Waals surface area contributed by atoms with Gasteiger partial charge in [0.25, 0.3) is 11.8 Å². The van der Waals surface area contributed by atoms with Gasteiger partial charge in [0.2, 0.25) is 5.91 Å². The molecule has 4 aromatic rings. The third-order valence-corrected chi connectivity index (χ3v) is 14.2. The van der Waals surface area contributed by atoms with Crippen molar-refractivity contribution in [1.82, 2.24) is 40.1 Å². The number of hydrogen-bond donors (Lipinski definition) is 2. The Kier molecular flexibility index (Phi) is 13.7. The van der Waals surface area contributed by atoms with Gasteiger partial charge < -0.3 is 24.3 Å². The van der Waals surface area contributed by atoms with Crippen molar-refractivity contribution in [2.45, 2.75) is 118 Å². The first-order valence-corrected chi connectivity index (χ1v) is 23.7. The summed E-state index contributed by atoms with van der Waals surface area (Å²) in [4.78, 5) is 70.1. The van der Waals surface area contributed by atoms with E-state index in [0.29, 0.717) is 64.2 Å². The topological polar surface area (TPSA) is 151 Å². The highest BCUT2D eigenvalue weighted by Crippen LogP contribution is 2.43. The molecule has 0 unspecified atom stereocenters. The molecule has 3 fully saturated rings. The van der Waals surface area contributed by atoms with Crippen LogP contribution in [0.2, 0.25) is 0 Å². The lowest BCUT2D eigenvalue weighted by molar-refractivity contribution is -0.155. The molecular formula is C52H66N8O6. The highest BCUT2D eigenvalue weighted by atomic mass is 16.5. The predicted octanol–water partition coefficient (Wildman–Crippen LogP) is 6.11. The monoisotopic (exact) mass is 899 g/mol. The van der Waals surface area contributed by atoms with Crippen LogP contribution in [0, 0.1) is 28.6 Å². The van der Waals surface area contributed by atoms with Crippen molar-refractivity contribution in [3.05, 3.63) is 71.7 Å². The Bertz CT molecular complexity index is 2560. The molecule has 14 nitrogen and oxygen atoms in total. The van der Waals surface area contributed by atoms with Crippen LogP contribution in [0.3, 0.4) is 0 Å². The van der Waals surface area contributed by atoms with Gasteiger partial charge in [-0.25, -0.2) is 5.43 Å². The van der Waals surface area contributed by atoms with Crippen LogP contribution in [0.4, 0.5) is 0 Å². The number of carbonyl (C=O) groups is 4. The van der Waals surface area contributed by atoms with Crippen LogP contribution in [0.25, 0.3) is 33.4 Å². The van der Waals surface area contributed by atoms with Crippen molar-refractivity contribution in [3.8, 4) is 34.4 Å². The molecule has 66 heavy (non-hydrogen) atoms. The van der Waals surface area contributed by atoms with E-state index in [4.69, 9.17) is 19.4 Å². The van der Waals surface area contributed by atoms with E-state index < -0.39 is 29.5 Å². The third kappa shape index (κ3) is 9.48. The minimum atomic E-state index is -0.983. The van der Waals surface area contributed by atoms with Crippen molar-refractivity contribution in [1.29, 1.82) is 0 Å². The Morgan fingerprint density at radius 2 is 1.85 bits per heavy atom. The molecule has 3 saturated heterocycles. The normalized spacial score (nSPS) is 23.3. The maximum atomic E-state index is 14.8. The quantitative estimate of drug-likeness (QED) is 0.157. The van der Waals surface area contributed by atoms with Crippen LogP contribution in [-0.2, 0) is 48.0 Å². The minimum Gasteiger partial charge on any atom is -0.464 e. The van der Waals surface area contributed by atoms with Crippen LogP contribution in [0.15, 0.2) is 54.7 Å². The Labute approximate surface area is 389 Å². The number of aryl methyl sites for hydroxylation is 1. The summed E-state index contributed by atoms with van der Waals surface area (Å²) < 4.78 is 14.3. The number of methoxy groups -OCH3 is 1. The molecule has 3 aromatic heterocycles.